The fourth-order valence-corrected chi connectivity index (χ4v) is 2.46. The smallest absolute Gasteiger partial charge is 0.0197 e. The second-order valence-electron chi connectivity index (χ2n) is 4.67. The number of allylic oxidation sites excluding steroid dienone is 1. The number of halogens is 1. The summed E-state index contributed by atoms with van der Waals surface area (Å²) >= 11 is 6.27. The second kappa shape index (κ2) is 6.83. The average Bonchev–Trinajstić information content (AvgIpc) is 2.39. The largest absolute Gasteiger partial charge is 0.300 e. The molecule has 92 valence electrons. The van der Waals surface area contributed by atoms with Gasteiger partial charge in [0.15, 0.2) is 0 Å². The molecule has 0 aliphatic carbocycles. The lowest BCUT2D eigenvalue weighted by Crippen LogP contribution is -2.29. The third-order valence-corrected chi connectivity index (χ3v) is 3.52. The Kier molecular flexibility index (Phi) is 5.08. The minimum atomic E-state index is 0.857. The molecule has 1 aliphatic rings. The van der Waals surface area contributed by atoms with Crippen LogP contribution in [-0.4, -0.2) is 24.5 Å². The van der Waals surface area contributed by atoms with Crippen LogP contribution >= 0.6 is 11.6 Å². The summed E-state index contributed by atoms with van der Waals surface area (Å²) in [6.45, 7) is 3.46. The highest BCUT2D eigenvalue weighted by atomic mass is 35.5. The molecule has 0 unspecified atom stereocenters. The Morgan fingerprint density at radius 2 is 1.82 bits per heavy atom. The molecule has 1 heterocycles. The number of likely N-dealkylation sites (tertiary alicyclic amines) is 1. The van der Waals surface area contributed by atoms with Gasteiger partial charge in [0, 0.05) is 18.0 Å². The van der Waals surface area contributed by atoms with Gasteiger partial charge in [0.2, 0.25) is 0 Å². The van der Waals surface area contributed by atoms with E-state index in [-0.39, 0.29) is 0 Å². The van der Waals surface area contributed by atoms with E-state index in [9.17, 15) is 0 Å². The fraction of sp³-hybridized carbons (Fsp3) is 0.467. The molecule has 1 aromatic rings. The number of hydrogen-bond donors (Lipinski definition) is 0. The minimum absolute atomic E-state index is 0.857. The van der Waals surface area contributed by atoms with Crippen molar-refractivity contribution >= 4 is 11.6 Å². The lowest BCUT2D eigenvalue weighted by atomic mass is 10.1. The Balaban J connectivity index is 1.80. The Labute approximate surface area is 109 Å². The van der Waals surface area contributed by atoms with Crippen LogP contribution in [0.3, 0.4) is 0 Å². The van der Waals surface area contributed by atoms with Gasteiger partial charge in [-0.2, -0.15) is 0 Å². The lowest BCUT2D eigenvalue weighted by Gasteiger charge is -2.25. The van der Waals surface area contributed by atoms with Crippen LogP contribution in [-0.2, 0) is 6.42 Å². The lowest BCUT2D eigenvalue weighted by molar-refractivity contribution is 0.251. The molecule has 0 amide bonds. The van der Waals surface area contributed by atoms with Crippen LogP contribution in [0.5, 0.6) is 0 Å². The average molecular weight is 250 g/mol. The highest BCUT2D eigenvalue weighted by Crippen LogP contribution is 2.13. The van der Waals surface area contributed by atoms with Crippen molar-refractivity contribution in [3.8, 4) is 0 Å². The van der Waals surface area contributed by atoms with Crippen molar-refractivity contribution in [3.63, 3.8) is 0 Å². The van der Waals surface area contributed by atoms with E-state index in [0.717, 1.165) is 18.0 Å². The maximum Gasteiger partial charge on any atom is 0.0197 e. The molecule has 1 fully saturated rings. The third-order valence-electron chi connectivity index (χ3n) is 3.24. The normalized spacial score (nSPS) is 18.3. The molecule has 1 aromatic carbocycles. The zero-order chi connectivity index (χ0) is 11.9. The molecule has 1 saturated heterocycles. The van der Waals surface area contributed by atoms with Crippen molar-refractivity contribution in [1.82, 2.24) is 4.90 Å². The first kappa shape index (κ1) is 12.7. The van der Waals surface area contributed by atoms with E-state index >= 15 is 0 Å². The molecule has 0 spiro atoms. The number of benzene rings is 1. The fourth-order valence-electron chi connectivity index (χ4n) is 2.23. The molecule has 1 nitrogen and oxygen atoms in total. The zero-order valence-electron chi connectivity index (χ0n) is 10.2. The van der Waals surface area contributed by atoms with Gasteiger partial charge in [0.25, 0.3) is 0 Å². The topological polar surface area (TPSA) is 3.24 Å². The van der Waals surface area contributed by atoms with E-state index in [2.05, 4.69) is 35.2 Å². The highest BCUT2D eigenvalue weighted by molar-refractivity contribution is 6.29. The van der Waals surface area contributed by atoms with Crippen LogP contribution in [0.15, 0.2) is 41.4 Å². The first-order valence-corrected chi connectivity index (χ1v) is 6.83. The van der Waals surface area contributed by atoms with E-state index in [1.165, 1.54) is 37.9 Å². The van der Waals surface area contributed by atoms with Gasteiger partial charge < -0.3 is 0 Å². The van der Waals surface area contributed by atoms with E-state index in [0.29, 0.717) is 0 Å². The van der Waals surface area contributed by atoms with Crippen molar-refractivity contribution in [1.29, 1.82) is 0 Å². The zero-order valence-corrected chi connectivity index (χ0v) is 11.0. The molecule has 0 radical (unpaired) electrons. The Bertz CT molecular complexity index is 352. The molecule has 0 atom stereocenters. The summed E-state index contributed by atoms with van der Waals surface area (Å²) in [4.78, 5) is 2.48. The number of nitrogens with zero attached hydrogens (tertiary/aromatic N) is 1. The summed E-state index contributed by atoms with van der Waals surface area (Å²) in [5, 5.41) is 0.960. The Morgan fingerprint density at radius 1 is 1.12 bits per heavy atom. The third kappa shape index (κ3) is 4.53. The van der Waals surface area contributed by atoms with Crippen LogP contribution in [0.2, 0.25) is 0 Å². The molecular formula is C15H20ClN. The molecule has 1 aliphatic heterocycles. The van der Waals surface area contributed by atoms with E-state index < -0.39 is 0 Å². The maximum atomic E-state index is 6.27. The van der Waals surface area contributed by atoms with Gasteiger partial charge in [-0.1, -0.05) is 54.4 Å². The summed E-state index contributed by atoms with van der Waals surface area (Å²) in [5.41, 5.74) is 1.28. The van der Waals surface area contributed by atoms with Crippen LogP contribution in [0, 0.1) is 0 Å². The maximum absolute atomic E-state index is 6.27. The van der Waals surface area contributed by atoms with Crippen LogP contribution < -0.4 is 0 Å². The molecule has 0 N–H and O–H groups in total. The van der Waals surface area contributed by atoms with Crippen LogP contribution in [0.1, 0.15) is 24.8 Å². The van der Waals surface area contributed by atoms with E-state index in [4.69, 9.17) is 11.6 Å². The summed E-state index contributed by atoms with van der Waals surface area (Å²) in [6, 6.07) is 10.4. The van der Waals surface area contributed by atoms with Crippen LogP contribution in [0.4, 0.5) is 0 Å². The molecule has 0 saturated carbocycles. The number of rotatable bonds is 4. The van der Waals surface area contributed by atoms with Crippen molar-refractivity contribution in [2.75, 3.05) is 19.6 Å². The molecule has 0 aromatic heterocycles. The number of hydrogen-bond acceptors (Lipinski definition) is 1. The summed E-state index contributed by atoms with van der Waals surface area (Å²) in [7, 11) is 0. The molecular weight excluding hydrogens is 230 g/mol. The predicted molar refractivity (Wildman–Crippen MR) is 74.4 cm³/mol. The first-order chi connectivity index (χ1) is 8.34. The van der Waals surface area contributed by atoms with Crippen molar-refractivity contribution in [3.05, 3.63) is 47.0 Å². The van der Waals surface area contributed by atoms with Crippen molar-refractivity contribution < 1.29 is 0 Å². The molecule has 2 rings (SSSR count). The molecule has 2 heteroatoms. The standard InChI is InChI=1S/C15H20ClN/c16-15(13-14-7-3-1-4-8-14)9-12-17-10-5-2-6-11-17/h1,3-4,7-9H,2,5-6,10-13H2/b15-9-. The Morgan fingerprint density at radius 3 is 2.53 bits per heavy atom. The van der Waals surface area contributed by atoms with Gasteiger partial charge in [-0.05, 0) is 31.5 Å². The molecule has 17 heavy (non-hydrogen) atoms. The van der Waals surface area contributed by atoms with Gasteiger partial charge in [-0.25, -0.2) is 0 Å². The minimum Gasteiger partial charge on any atom is -0.300 e. The van der Waals surface area contributed by atoms with Crippen molar-refractivity contribution in [2.45, 2.75) is 25.7 Å². The van der Waals surface area contributed by atoms with Gasteiger partial charge >= 0.3 is 0 Å². The monoisotopic (exact) mass is 249 g/mol. The molecule has 0 bridgehead atoms. The first-order valence-electron chi connectivity index (χ1n) is 6.45. The van der Waals surface area contributed by atoms with E-state index in [1.807, 2.05) is 6.07 Å². The Hall–Kier alpha value is -0.790. The summed E-state index contributed by atoms with van der Waals surface area (Å²) in [6.07, 6.45) is 7.09. The number of piperidine rings is 1. The predicted octanol–water partition coefficient (Wildman–Crippen LogP) is 3.84. The second-order valence-corrected chi connectivity index (χ2v) is 5.16. The summed E-state index contributed by atoms with van der Waals surface area (Å²) in [5.74, 6) is 0. The van der Waals surface area contributed by atoms with Crippen molar-refractivity contribution in [2.24, 2.45) is 0 Å². The van der Waals surface area contributed by atoms with Gasteiger partial charge in [-0.3, -0.25) is 4.90 Å². The summed E-state index contributed by atoms with van der Waals surface area (Å²) < 4.78 is 0. The quantitative estimate of drug-likeness (QED) is 0.784. The van der Waals surface area contributed by atoms with Gasteiger partial charge in [0.05, 0.1) is 0 Å². The van der Waals surface area contributed by atoms with Gasteiger partial charge in [0.1, 0.15) is 0 Å². The van der Waals surface area contributed by atoms with E-state index in [1.54, 1.807) is 0 Å². The highest BCUT2D eigenvalue weighted by Gasteiger charge is 2.08. The van der Waals surface area contributed by atoms with Crippen LogP contribution in [0.25, 0.3) is 0 Å². The SMILES string of the molecule is Cl/C(=C\CN1CCCCC1)Cc1ccccc1. The van der Waals surface area contributed by atoms with Gasteiger partial charge in [-0.15, -0.1) is 0 Å².